The maximum Gasteiger partial charge on any atom is 0.246 e. The Morgan fingerprint density at radius 3 is 2.88 bits per heavy atom. The van der Waals surface area contributed by atoms with Crippen molar-refractivity contribution in [2.75, 3.05) is 0 Å². The van der Waals surface area contributed by atoms with Gasteiger partial charge in [-0.1, -0.05) is 6.58 Å². The number of hydrogen-bond donors (Lipinski definition) is 0. The molecular weight excluding hydrogens is 202 g/mol. The lowest BCUT2D eigenvalue weighted by atomic mass is 10.1. The molecule has 1 aliphatic rings. The SMILES string of the molecule is C=CC(=O)N1Cc2cc(C)nn2C(C)C1C. The van der Waals surface area contributed by atoms with Crippen molar-refractivity contribution < 1.29 is 4.79 Å². The Bertz CT molecular complexity index is 435. The van der Waals surface area contributed by atoms with Gasteiger partial charge in [0.15, 0.2) is 0 Å². The van der Waals surface area contributed by atoms with Crippen LogP contribution in [0.1, 0.15) is 31.3 Å². The first-order chi connectivity index (χ1) is 7.54. The fourth-order valence-corrected chi connectivity index (χ4v) is 2.22. The van der Waals surface area contributed by atoms with Crippen LogP contribution in [0.3, 0.4) is 0 Å². The monoisotopic (exact) mass is 219 g/mol. The second kappa shape index (κ2) is 3.77. The minimum atomic E-state index is -0.00977. The predicted molar refractivity (Wildman–Crippen MR) is 61.9 cm³/mol. The predicted octanol–water partition coefficient (Wildman–Crippen LogP) is 1.67. The number of nitrogens with zero attached hydrogens (tertiary/aromatic N) is 3. The minimum Gasteiger partial charge on any atom is -0.328 e. The number of rotatable bonds is 1. The van der Waals surface area contributed by atoms with Crippen molar-refractivity contribution in [1.82, 2.24) is 14.7 Å². The molecule has 0 aliphatic carbocycles. The number of fused-ring (bicyclic) bond motifs is 1. The summed E-state index contributed by atoms with van der Waals surface area (Å²) in [4.78, 5) is 13.6. The van der Waals surface area contributed by atoms with Crippen molar-refractivity contribution >= 4 is 5.91 Å². The summed E-state index contributed by atoms with van der Waals surface area (Å²) in [5, 5.41) is 4.46. The lowest BCUT2D eigenvalue weighted by molar-refractivity contribution is -0.130. The van der Waals surface area contributed by atoms with E-state index >= 15 is 0 Å². The first-order valence-electron chi connectivity index (χ1n) is 5.52. The fourth-order valence-electron chi connectivity index (χ4n) is 2.22. The topological polar surface area (TPSA) is 38.1 Å². The zero-order valence-electron chi connectivity index (χ0n) is 9.97. The van der Waals surface area contributed by atoms with Crippen molar-refractivity contribution in [3.63, 3.8) is 0 Å². The molecule has 1 aromatic heterocycles. The largest absolute Gasteiger partial charge is 0.328 e. The first-order valence-corrected chi connectivity index (χ1v) is 5.52. The molecule has 0 radical (unpaired) electrons. The summed E-state index contributed by atoms with van der Waals surface area (Å²) in [6.45, 7) is 10.3. The third-order valence-electron chi connectivity index (χ3n) is 3.30. The van der Waals surface area contributed by atoms with Crippen LogP contribution in [0, 0.1) is 6.92 Å². The average Bonchev–Trinajstić information content (AvgIpc) is 2.63. The number of aromatic nitrogens is 2. The highest BCUT2D eigenvalue weighted by Crippen LogP contribution is 2.26. The fraction of sp³-hybridized carbons (Fsp3) is 0.500. The summed E-state index contributed by atoms with van der Waals surface area (Å²) in [6, 6.07) is 2.39. The van der Waals surface area contributed by atoms with Crippen LogP contribution in [-0.2, 0) is 11.3 Å². The van der Waals surface area contributed by atoms with Gasteiger partial charge in [-0.2, -0.15) is 5.10 Å². The molecule has 86 valence electrons. The van der Waals surface area contributed by atoms with Crippen molar-refractivity contribution in [1.29, 1.82) is 0 Å². The summed E-state index contributed by atoms with van der Waals surface area (Å²) in [6.07, 6.45) is 1.38. The van der Waals surface area contributed by atoms with E-state index < -0.39 is 0 Å². The maximum atomic E-state index is 11.7. The second-order valence-corrected chi connectivity index (χ2v) is 4.37. The molecule has 2 unspecified atom stereocenters. The van der Waals surface area contributed by atoms with Gasteiger partial charge in [-0.3, -0.25) is 9.48 Å². The van der Waals surface area contributed by atoms with Crippen molar-refractivity contribution in [2.24, 2.45) is 0 Å². The molecule has 1 aliphatic heterocycles. The number of hydrogen-bond acceptors (Lipinski definition) is 2. The van der Waals surface area contributed by atoms with Crippen LogP contribution < -0.4 is 0 Å². The number of aryl methyl sites for hydroxylation is 1. The van der Waals surface area contributed by atoms with Gasteiger partial charge >= 0.3 is 0 Å². The summed E-state index contributed by atoms with van der Waals surface area (Å²) in [7, 11) is 0. The van der Waals surface area contributed by atoms with E-state index in [1.165, 1.54) is 6.08 Å². The Balaban J connectivity index is 2.38. The lowest BCUT2D eigenvalue weighted by Gasteiger charge is -2.37. The highest BCUT2D eigenvalue weighted by molar-refractivity contribution is 5.87. The van der Waals surface area contributed by atoms with Crippen LogP contribution >= 0.6 is 0 Å². The normalized spacial score (nSPS) is 24.1. The average molecular weight is 219 g/mol. The molecule has 2 heterocycles. The first kappa shape index (κ1) is 10.9. The van der Waals surface area contributed by atoms with Gasteiger partial charge in [-0.25, -0.2) is 0 Å². The van der Waals surface area contributed by atoms with Crippen molar-refractivity contribution in [3.05, 3.63) is 30.1 Å². The van der Waals surface area contributed by atoms with E-state index in [0.717, 1.165) is 11.4 Å². The van der Waals surface area contributed by atoms with E-state index in [1.54, 1.807) is 0 Å². The van der Waals surface area contributed by atoms with Crippen LogP contribution in [0.15, 0.2) is 18.7 Å². The molecule has 2 atom stereocenters. The molecule has 0 N–H and O–H groups in total. The van der Waals surface area contributed by atoms with Crippen molar-refractivity contribution in [3.8, 4) is 0 Å². The maximum absolute atomic E-state index is 11.7. The number of carbonyl (C=O) groups is 1. The lowest BCUT2D eigenvalue weighted by Crippen LogP contribution is -2.46. The molecule has 2 rings (SSSR count). The van der Waals surface area contributed by atoms with Gasteiger partial charge in [-0.05, 0) is 32.9 Å². The number of amides is 1. The van der Waals surface area contributed by atoms with E-state index in [0.29, 0.717) is 6.54 Å². The van der Waals surface area contributed by atoms with Gasteiger partial charge in [0.25, 0.3) is 0 Å². The number of carbonyl (C=O) groups excluding carboxylic acids is 1. The van der Waals surface area contributed by atoms with Gasteiger partial charge in [0.05, 0.1) is 30.0 Å². The summed E-state index contributed by atoms with van der Waals surface area (Å²) in [5.41, 5.74) is 2.10. The Morgan fingerprint density at radius 2 is 2.25 bits per heavy atom. The zero-order valence-corrected chi connectivity index (χ0v) is 9.97. The Labute approximate surface area is 95.5 Å². The molecular formula is C12H17N3O. The molecule has 1 aromatic rings. The highest BCUT2D eigenvalue weighted by atomic mass is 16.2. The van der Waals surface area contributed by atoms with Crippen LogP contribution in [0.2, 0.25) is 0 Å². The molecule has 0 fully saturated rings. The van der Waals surface area contributed by atoms with Crippen LogP contribution in [-0.4, -0.2) is 26.6 Å². The van der Waals surface area contributed by atoms with Crippen LogP contribution in [0.25, 0.3) is 0 Å². The Kier molecular flexibility index (Phi) is 2.58. The van der Waals surface area contributed by atoms with Gasteiger partial charge in [0.2, 0.25) is 5.91 Å². The quantitative estimate of drug-likeness (QED) is 0.674. The minimum absolute atomic E-state index is 0.00977. The molecule has 4 heteroatoms. The summed E-state index contributed by atoms with van der Waals surface area (Å²) >= 11 is 0. The third kappa shape index (κ3) is 1.54. The molecule has 0 saturated heterocycles. The van der Waals surface area contributed by atoms with E-state index in [-0.39, 0.29) is 18.0 Å². The molecule has 4 nitrogen and oxygen atoms in total. The van der Waals surface area contributed by atoms with Crippen LogP contribution in [0.4, 0.5) is 0 Å². The standard InChI is InChI=1S/C12H17N3O/c1-5-12(16)14-7-11-6-8(2)13-15(11)10(4)9(14)3/h5-6,9-10H,1,7H2,2-4H3. The Morgan fingerprint density at radius 1 is 1.56 bits per heavy atom. The smallest absolute Gasteiger partial charge is 0.246 e. The Hall–Kier alpha value is -1.58. The summed E-state index contributed by atoms with van der Waals surface area (Å²) < 4.78 is 2.02. The van der Waals surface area contributed by atoms with Gasteiger partial charge in [0, 0.05) is 0 Å². The molecule has 1 amide bonds. The molecule has 16 heavy (non-hydrogen) atoms. The van der Waals surface area contributed by atoms with E-state index in [9.17, 15) is 4.79 Å². The summed E-state index contributed by atoms with van der Waals surface area (Å²) in [5.74, 6) is -0.00977. The molecule has 0 bridgehead atoms. The van der Waals surface area contributed by atoms with E-state index in [2.05, 4.69) is 18.6 Å². The van der Waals surface area contributed by atoms with Crippen molar-refractivity contribution in [2.45, 2.75) is 39.4 Å². The molecule has 0 aromatic carbocycles. The van der Waals surface area contributed by atoms with Gasteiger partial charge in [0.1, 0.15) is 0 Å². The van der Waals surface area contributed by atoms with Gasteiger partial charge < -0.3 is 4.90 Å². The third-order valence-corrected chi connectivity index (χ3v) is 3.30. The highest BCUT2D eigenvalue weighted by Gasteiger charge is 2.31. The molecule has 0 saturated carbocycles. The molecule has 0 spiro atoms. The van der Waals surface area contributed by atoms with Gasteiger partial charge in [-0.15, -0.1) is 0 Å². The zero-order chi connectivity index (χ0) is 11.9. The van der Waals surface area contributed by atoms with E-state index in [1.807, 2.05) is 29.5 Å². The second-order valence-electron chi connectivity index (χ2n) is 4.37. The van der Waals surface area contributed by atoms with Crippen LogP contribution in [0.5, 0.6) is 0 Å². The van der Waals surface area contributed by atoms with E-state index in [4.69, 9.17) is 0 Å².